The number of unbranched alkanes of at least 4 members (excludes halogenated alkanes) is 10. The molecule has 1 aromatic heterocycles. The third-order valence-electron chi connectivity index (χ3n) is 8.64. The lowest BCUT2D eigenvalue weighted by Crippen LogP contribution is -2.23. The molecule has 0 fully saturated rings. The normalized spacial score (nSPS) is 12.0. The van der Waals surface area contributed by atoms with Crippen LogP contribution in [0.2, 0.25) is 0 Å². The number of ether oxygens (including phenoxy) is 2. The molecule has 0 spiro atoms. The summed E-state index contributed by atoms with van der Waals surface area (Å²) < 4.78 is 11.6. The van der Waals surface area contributed by atoms with E-state index < -0.39 is 6.10 Å². The number of aliphatic hydroxyl groups excluding tert-OH is 1. The fourth-order valence-electron chi connectivity index (χ4n) is 5.90. The van der Waals surface area contributed by atoms with E-state index in [0.717, 1.165) is 34.2 Å². The number of rotatable bonds is 20. The summed E-state index contributed by atoms with van der Waals surface area (Å²) >= 11 is 0. The Morgan fingerprint density at radius 1 is 0.574 bits per heavy atom. The number of aryl methyl sites for hydroxylation is 4. The predicted octanol–water partition coefficient (Wildman–Crippen LogP) is 10.2. The number of nitrogens with zero attached hydrogens (tertiary/aromatic N) is 3. The van der Waals surface area contributed by atoms with Crippen molar-refractivity contribution in [3.63, 3.8) is 0 Å². The van der Waals surface area contributed by atoms with Crippen LogP contribution in [0.5, 0.6) is 5.75 Å². The van der Waals surface area contributed by atoms with E-state index in [9.17, 15) is 5.11 Å². The van der Waals surface area contributed by atoms with Crippen LogP contribution >= 0.6 is 0 Å². The highest BCUT2D eigenvalue weighted by atomic mass is 16.5. The largest absolute Gasteiger partial charge is 0.491 e. The van der Waals surface area contributed by atoms with Crippen LogP contribution in [-0.4, -0.2) is 46.0 Å². The number of benzene rings is 3. The van der Waals surface area contributed by atoms with Gasteiger partial charge < -0.3 is 14.6 Å². The molecule has 252 valence electrons. The van der Waals surface area contributed by atoms with Crippen LogP contribution in [0.25, 0.3) is 34.2 Å². The molecule has 3 aromatic carbocycles. The second-order valence-electron chi connectivity index (χ2n) is 13.0. The highest BCUT2D eigenvalue weighted by Crippen LogP contribution is 2.29. The summed E-state index contributed by atoms with van der Waals surface area (Å²) in [7, 11) is 0. The topological polar surface area (TPSA) is 77.4 Å². The van der Waals surface area contributed by atoms with Crippen molar-refractivity contribution in [2.75, 3.05) is 19.8 Å². The van der Waals surface area contributed by atoms with E-state index >= 15 is 0 Å². The molecule has 6 heteroatoms. The van der Waals surface area contributed by atoms with Crippen molar-refractivity contribution >= 4 is 0 Å². The van der Waals surface area contributed by atoms with E-state index in [1.165, 1.54) is 75.3 Å². The van der Waals surface area contributed by atoms with Gasteiger partial charge in [-0.2, -0.15) is 0 Å². The molecular formula is C41H55N3O3. The summed E-state index contributed by atoms with van der Waals surface area (Å²) in [6.45, 7) is 11.8. The lowest BCUT2D eigenvalue weighted by atomic mass is 10.0. The lowest BCUT2D eigenvalue weighted by Gasteiger charge is -2.14. The van der Waals surface area contributed by atoms with Gasteiger partial charge in [-0.3, -0.25) is 0 Å². The number of hydrogen-bond acceptors (Lipinski definition) is 6. The Balaban J connectivity index is 1.28. The molecule has 0 saturated carbocycles. The smallest absolute Gasteiger partial charge is 0.164 e. The monoisotopic (exact) mass is 637 g/mol. The molecule has 4 aromatic rings. The summed E-state index contributed by atoms with van der Waals surface area (Å²) in [5.74, 6) is 2.59. The average molecular weight is 638 g/mol. The first-order valence-corrected chi connectivity index (χ1v) is 17.7. The van der Waals surface area contributed by atoms with Gasteiger partial charge in [0.15, 0.2) is 17.5 Å². The van der Waals surface area contributed by atoms with Crippen molar-refractivity contribution < 1.29 is 14.6 Å². The Morgan fingerprint density at radius 2 is 1.06 bits per heavy atom. The predicted molar refractivity (Wildman–Crippen MR) is 194 cm³/mol. The zero-order valence-electron chi connectivity index (χ0n) is 29.4. The van der Waals surface area contributed by atoms with Gasteiger partial charge in [0.05, 0.1) is 6.61 Å². The maximum Gasteiger partial charge on any atom is 0.164 e. The quantitative estimate of drug-likeness (QED) is 0.0972. The molecule has 47 heavy (non-hydrogen) atoms. The van der Waals surface area contributed by atoms with E-state index in [0.29, 0.717) is 29.8 Å². The minimum Gasteiger partial charge on any atom is -0.491 e. The molecule has 4 rings (SSSR count). The molecule has 0 amide bonds. The number of aromatic nitrogens is 3. The average Bonchev–Trinajstić information content (AvgIpc) is 3.06. The van der Waals surface area contributed by atoms with Gasteiger partial charge in [-0.25, -0.2) is 15.0 Å². The zero-order valence-corrected chi connectivity index (χ0v) is 29.4. The Morgan fingerprint density at radius 3 is 1.57 bits per heavy atom. The summed E-state index contributed by atoms with van der Waals surface area (Å²) in [4.78, 5) is 14.7. The summed E-state index contributed by atoms with van der Waals surface area (Å²) in [5.41, 5.74) is 7.50. The van der Waals surface area contributed by atoms with Crippen molar-refractivity contribution in [3.05, 3.63) is 82.9 Å². The van der Waals surface area contributed by atoms with Gasteiger partial charge in [0.1, 0.15) is 18.5 Å². The molecule has 1 unspecified atom stereocenters. The van der Waals surface area contributed by atoms with Crippen LogP contribution in [0, 0.1) is 27.7 Å². The van der Waals surface area contributed by atoms with E-state index in [1.54, 1.807) is 0 Å². The van der Waals surface area contributed by atoms with Crippen LogP contribution in [0.1, 0.15) is 99.8 Å². The van der Waals surface area contributed by atoms with Crippen LogP contribution < -0.4 is 4.74 Å². The summed E-state index contributed by atoms with van der Waals surface area (Å²) in [6, 6.07) is 20.4. The molecule has 0 aliphatic heterocycles. The van der Waals surface area contributed by atoms with Gasteiger partial charge in [-0.1, -0.05) is 119 Å². The minimum atomic E-state index is -0.675. The second kappa shape index (κ2) is 19.3. The Labute approximate surface area is 283 Å². The third-order valence-corrected chi connectivity index (χ3v) is 8.64. The van der Waals surface area contributed by atoms with E-state index in [-0.39, 0.29) is 13.2 Å². The molecule has 0 aliphatic rings. The third kappa shape index (κ3) is 11.9. The van der Waals surface area contributed by atoms with Gasteiger partial charge in [0, 0.05) is 23.3 Å². The first kappa shape index (κ1) is 36.2. The van der Waals surface area contributed by atoms with Crippen LogP contribution in [0.3, 0.4) is 0 Å². The second-order valence-corrected chi connectivity index (χ2v) is 13.0. The van der Waals surface area contributed by atoms with Gasteiger partial charge >= 0.3 is 0 Å². The summed E-state index contributed by atoms with van der Waals surface area (Å²) in [5, 5.41) is 10.4. The van der Waals surface area contributed by atoms with E-state index in [2.05, 4.69) is 71.0 Å². The van der Waals surface area contributed by atoms with Crippen molar-refractivity contribution in [2.45, 2.75) is 111 Å². The van der Waals surface area contributed by atoms with Crippen LogP contribution in [0.15, 0.2) is 60.7 Å². The molecule has 0 radical (unpaired) electrons. The molecule has 0 aliphatic carbocycles. The van der Waals surface area contributed by atoms with Crippen molar-refractivity contribution in [2.24, 2.45) is 0 Å². The first-order valence-electron chi connectivity index (χ1n) is 17.7. The van der Waals surface area contributed by atoms with Gasteiger partial charge in [-0.15, -0.1) is 0 Å². The molecule has 1 atom stereocenters. The van der Waals surface area contributed by atoms with Crippen molar-refractivity contribution in [3.8, 4) is 39.9 Å². The van der Waals surface area contributed by atoms with Crippen LogP contribution in [-0.2, 0) is 4.74 Å². The first-order chi connectivity index (χ1) is 22.8. The lowest BCUT2D eigenvalue weighted by molar-refractivity contribution is 0.0110. The maximum absolute atomic E-state index is 10.4. The number of aliphatic hydroxyl groups is 1. The SMILES string of the molecule is CCCCCCCCCCCCCOCC(O)COc1ccc(-c2nc(-c3ccc(C)cc3C)nc(-c3ccc(C)cc3C)n2)cc1. The zero-order chi connectivity index (χ0) is 33.4. The minimum absolute atomic E-state index is 0.178. The molecular weight excluding hydrogens is 582 g/mol. The Kier molecular flexibility index (Phi) is 14.9. The molecule has 0 saturated heterocycles. The molecule has 6 nitrogen and oxygen atoms in total. The highest BCUT2D eigenvalue weighted by Gasteiger charge is 2.15. The summed E-state index contributed by atoms with van der Waals surface area (Å²) in [6.07, 6.45) is 13.7. The Bertz CT molecular complexity index is 1450. The van der Waals surface area contributed by atoms with Crippen molar-refractivity contribution in [1.29, 1.82) is 0 Å². The van der Waals surface area contributed by atoms with Gasteiger partial charge in [0.25, 0.3) is 0 Å². The molecule has 1 N–H and O–H groups in total. The van der Waals surface area contributed by atoms with Gasteiger partial charge in [-0.05, 0) is 69.5 Å². The highest BCUT2D eigenvalue weighted by molar-refractivity contribution is 5.69. The van der Waals surface area contributed by atoms with E-state index in [1.807, 2.05) is 24.3 Å². The van der Waals surface area contributed by atoms with Crippen LogP contribution in [0.4, 0.5) is 0 Å². The molecule has 0 bridgehead atoms. The fourth-order valence-corrected chi connectivity index (χ4v) is 5.90. The van der Waals surface area contributed by atoms with Gasteiger partial charge in [0.2, 0.25) is 0 Å². The number of hydrogen-bond donors (Lipinski definition) is 1. The molecule has 1 heterocycles. The standard InChI is InChI=1S/C41H55N3O3/c1-6-7-8-9-10-11-12-13-14-15-16-25-46-28-35(45)29-47-36-21-19-34(20-22-36)39-42-40(37-23-17-30(2)26-32(37)4)44-41(43-39)38-24-18-31(3)27-33(38)5/h17-24,26-27,35,45H,6-16,25,28-29H2,1-5H3. The van der Waals surface area contributed by atoms with E-state index in [4.69, 9.17) is 24.4 Å². The van der Waals surface area contributed by atoms with Crippen molar-refractivity contribution in [1.82, 2.24) is 15.0 Å². The Hall–Kier alpha value is -3.61. The maximum atomic E-state index is 10.4. The fraction of sp³-hybridized carbons (Fsp3) is 0.488.